The van der Waals surface area contributed by atoms with E-state index in [-0.39, 0.29) is 12.5 Å². The molecule has 1 N–H and O–H groups in total. The summed E-state index contributed by atoms with van der Waals surface area (Å²) in [5.41, 5.74) is 3.82. The number of thioether (sulfide) groups is 1. The molecule has 1 amide bonds. The summed E-state index contributed by atoms with van der Waals surface area (Å²) in [5, 5.41) is 12.8. The lowest BCUT2D eigenvalue weighted by atomic mass is 10.1. The molecule has 4 rings (SSSR count). The van der Waals surface area contributed by atoms with E-state index in [1.807, 2.05) is 62.4 Å². The molecule has 0 aliphatic carbocycles. The molecule has 158 valence electrons. The molecule has 7 nitrogen and oxygen atoms in total. The van der Waals surface area contributed by atoms with Crippen LogP contribution in [0, 0.1) is 13.8 Å². The highest BCUT2D eigenvalue weighted by molar-refractivity contribution is 7.98. The minimum atomic E-state index is -0.459. The highest BCUT2D eigenvalue weighted by Crippen LogP contribution is 2.21. The molecule has 31 heavy (non-hydrogen) atoms. The van der Waals surface area contributed by atoms with Crippen molar-refractivity contribution in [3.05, 3.63) is 86.8 Å². The zero-order valence-electron chi connectivity index (χ0n) is 17.0. The van der Waals surface area contributed by atoms with Crippen molar-refractivity contribution in [3.63, 3.8) is 0 Å². The number of carbonyl (C=O) groups is 1. The predicted octanol–water partition coefficient (Wildman–Crippen LogP) is 4.09. The van der Waals surface area contributed by atoms with E-state index >= 15 is 0 Å². The van der Waals surface area contributed by atoms with Crippen LogP contribution < -0.4 is 11.0 Å². The molecule has 0 aliphatic rings. The Balaban J connectivity index is 1.47. The number of fused-ring (bicyclic) bond motifs is 1. The minimum absolute atomic E-state index is 0.192. The van der Waals surface area contributed by atoms with Gasteiger partial charge in [-0.05, 0) is 55.3 Å². The average Bonchev–Trinajstić information content (AvgIpc) is 3.04. The number of benzene rings is 2. The number of amides is 1. The van der Waals surface area contributed by atoms with E-state index < -0.39 is 5.69 Å². The third-order valence-electron chi connectivity index (χ3n) is 4.67. The van der Waals surface area contributed by atoms with Crippen molar-refractivity contribution in [1.82, 2.24) is 19.4 Å². The van der Waals surface area contributed by atoms with Crippen LogP contribution in [0.1, 0.15) is 16.7 Å². The SMILES string of the molecule is Cc1ccc(NC(=O)Cn2nc3ccc(SCc4ccc(Cl)cc4)nn3c2=O)c(C)c1. The summed E-state index contributed by atoms with van der Waals surface area (Å²) in [6.45, 7) is 3.72. The van der Waals surface area contributed by atoms with Crippen LogP contribution in [0.25, 0.3) is 5.65 Å². The summed E-state index contributed by atoms with van der Waals surface area (Å²) in [7, 11) is 0. The topological polar surface area (TPSA) is 81.3 Å². The van der Waals surface area contributed by atoms with E-state index in [9.17, 15) is 9.59 Å². The smallest absolute Gasteiger partial charge is 0.324 e. The first-order valence-electron chi connectivity index (χ1n) is 9.60. The fraction of sp³-hybridized carbons (Fsp3) is 0.182. The highest BCUT2D eigenvalue weighted by Gasteiger charge is 2.13. The monoisotopic (exact) mass is 453 g/mol. The normalized spacial score (nSPS) is 11.1. The summed E-state index contributed by atoms with van der Waals surface area (Å²) < 4.78 is 2.34. The fourth-order valence-electron chi connectivity index (χ4n) is 3.09. The number of aromatic nitrogens is 4. The van der Waals surface area contributed by atoms with Crippen LogP contribution in [0.2, 0.25) is 5.02 Å². The van der Waals surface area contributed by atoms with Crippen molar-refractivity contribution < 1.29 is 4.79 Å². The van der Waals surface area contributed by atoms with E-state index in [0.29, 0.717) is 27.1 Å². The molecule has 0 radical (unpaired) electrons. The summed E-state index contributed by atoms with van der Waals surface area (Å²) in [6.07, 6.45) is 0. The molecule has 9 heteroatoms. The lowest BCUT2D eigenvalue weighted by molar-refractivity contribution is -0.117. The second-order valence-corrected chi connectivity index (χ2v) is 8.60. The Bertz CT molecular complexity index is 1310. The molecule has 0 spiro atoms. The summed E-state index contributed by atoms with van der Waals surface area (Å²) in [5.74, 6) is 0.367. The molecule has 2 aromatic heterocycles. The van der Waals surface area contributed by atoms with Gasteiger partial charge in [0.05, 0.1) is 0 Å². The van der Waals surface area contributed by atoms with E-state index in [2.05, 4.69) is 15.5 Å². The second kappa shape index (κ2) is 8.95. The number of rotatable bonds is 6. The van der Waals surface area contributed by atoms with Crippen LogP contribution in [-0.4, -0.2) is 25.3 Å². The van der Waals surface area contributed by atoms with Crippen molar-refractivity contribution in [2.24, 2.45) is 0 Å². The molecule has 0 atom stereocenters. The maximum Gasteiger partial charge on any atom is 0.367 e. The Labute approximate surface area is 188 Å². The van der Waals surface area contributed by atoms with Gasteiger partial charge in [-0.25, -0.2) is 9.48 Å². The van der Waals surface area contributed by atoms with Gasteiger partial charge in [-0.15, -0.1) is 5.10 Å². The number of anilines is 1. The van der Waals surface area contributed by atoms with Crippen LogP contribution >= 0.6 is 23.4 Å². The maximum absolute atomic E-state index is 12.7. The van der Waals surface area contributed by atoms with Gasteiger partial charge in [0.15, 0.2) is 5.65 Å². The zero-order chi connectivity index (χ0) is 22.0. The quantitative estimate of drug-likeness (QED) is 0.444. The standard InChI is InChI=1S/C22H20ClN5O2S/c1-14-3-8-18(15(2)11-14)24-20(29)12-27-22(30)28-19(25-27)9-10-21(26-28)31-13-16-4-6-17(23)7-5-16/h3-11H,12-13H2,1-2H3,(H,24,29). The van der Waals surface area contributed by atoms with Crippen LogP contribution in [0.3, 0.4) is 0 Å². The number of hydrogen-bond acceptors (Lipinski definition) is 5. The number of nitrogens with zero attached hydrogens (tertiary/aromatic N) is 4. The molecule has 0 unspecified atom stereocenters. The van der Waals surface area contributed by atoms with E-state index in [4.69, 9.17) is 11.6 Å². The molecule has 0 aliphatic heterocycles. The van der Waals surface area contributed by atoms with Crippen LogP contribution in [0.5, 0.6) is 0 Å². The summed E-state index contributed by atoms with van der Waals surface area (Å²) in [6, 6.07) is 16.9. The molecule has 2 aromatic carbocycles. The zero-order valence-corrected chi connectivity index (χ0v) is 18.6. The third kappa shape index (κ3) is 4.98. The van der Waals surface area contributed by atoms with Gasteiger partial charge in [0.2, 0.25) is 5.91 Å². The van der Waals surface area contributed by atoms with Gasteiger partial charge in [0, 0.05) is 16.5 Å². The number of aryl methyl sites for hydroxylation is 2. The maximum atomic E-state index is 12.7. The Kier molecular flexibility index (Phi) is 6.11. The number of carbonyl (C=O) groups excluding carboxylic acids is 1. The molecule has 4 aromatic rings. The van der Waals surface area contributed by atoms with Crippen molar-refractivity contribution in [1.29, 1.82) is 0 Å². The molecule has 0 saturated heterocycles. The number of nitrogens with one attached hydrogen (secondary N) is 1. The largest absolute Gasteiger partial charge is 0.367 e. The summed E-state index contributed by atoms with van der Waals surface area (Å²) in [4.78, 5) is 25.1. The molecule has 0 fully saturated rings. The fourth-order valence-corrected chi connectivity index (χ4v) is 4.03. The van der Waals surface area contributed by atoms with Crippen molar-refractivity contribution in [2.75, 3.05) is 5.32 Å². The molecular formula is C22H20ClN5O2S. The lowest BCUT2D eigenvalue weighted by Crippen LogP contribution is -2.29. The number of hydrogen-bond donors (Lipinski definition) is 1. The Morgan fingerprint density at radius 2 is 1.84 bits per heavy atom. The van der Waals surface area contributed by atoms with Gasteiger partial charge >= 0.3 is 5.69 Å². The number of halogens is 1. The molecular weight excluding hydrogens is 434 g/mol. The van der Waals surface area contributed by atoms with Gasteiger partial charge in [-0.3, -0.25) is 4.79 Å². The lowest BCUT2D eigenvalue weighted by Gasteiger charge is -2.08. The van der Waals surface area contributed by atoms with E-state index in [1.54, 1.807) is 6.07 Å². The van der Waals surface area contributed by atoms with Crippen molar-refractivity contribution >= 4 is 40.6 Å². The molecule has 2 heterocycles. The van der Waals surface area contributed by atoms with Gasteiger partial charge < -0.3 is 5.32 Å². The summed E-state index contributed by atoms with van der Waals surface area (Å²) >= 11 is 7.41. The minimum Gasteiger partial charge on any atom is -0.324 e. The van der Waals surface area contributed by atoms with Gasteiger partial charge in [-0.1, -0.05) is 53.2 Å². The Hall–Kier alpha value is -3.10. The molecule has 0 bridgehead atoms. The Morgan fingerprint density at radius 1 is 1.06 bits per heavy atom. The van der Waals surface area contributed by atoms with Crippen molar-refractivity contribution in [2.45, 2.75) is 31.2 Å². The Morgan fingerprint density at radius 3 is 2.58 bits per heavy atom. The van der Waals surface area contributed by atoms with Crippen molar-refractivity contribution in [3.8, 4) is 0 Å². The first-order valence-corrected chi connectivity index (χ1v) is 11.0. The van der Waals surface area contributed by atoms with Crippen LogP contribution in [0.4, 0.5) is 5.69 Å². The van der Waals surface area contributed by atoms with Crippen LogP contribution in [0.15, 0.2) is 64.4 Å². The molecule has 0 saturated carbocycles. The predicted molar refractivity (Wildman–Crippen MR) is 123 cm³/mol. The van der Waals surface area contributed by atoms with Gasteiger partial charge in [0.1, 0.15) is 11.6 Å². The van der Waals surface area contributed by atoms with Crippen LogP contribution in [-0.2, 0) is 17.1 Å². The third-order valence-corrected chi connectivity index (χ3v) is 5.91. The first kappa shape index (κ1) is 21.1. The van der Waals surface area contributed by atoms with Gasteiger partial charge in [0.25, 0.3) is 0 Å². The van der Waals surface area contributed by atoms with E-state index in [0.717, 1.165) is 21.4 Å². The van der Waals surface area contributed by atoms with E-state index in [1.165, 1.54) is 16.3 Å². The highest BCUT2D eigenvalue weighted by atomic mass is 35.5. The first-order chi connectivity index (χ1) is 14.9. The second-order valence-electron chi connectivity index (χ2n) is 7.16. The van der Waals surface area contributed by atoms with Gasteiger partial charge in [-0.2, -0.15) is 9.61 Å². The average molecular weight is 454 g/mol.